The van der Waals surface area contributed by atoms with E-state index in [9.17, 15) is 5.11 Å². The van der Waals surface area contributed by atoms with E-state index < -0.39 is 0 Å². The van der Waals surface area contributed by atoms with Gasteiger partial charge in [-0.15, -0.1) is 0 Å². The van der Waals surface area contributed by atoms with E-state index in [4.69, 9.17) is 0 Å². The van der Waals surface area contributed by atoms with Crippen molar-refractivity contribution < 1.29 is 5.11 Å². The molecule has 0 aliphatic heterocycles. The highest BCUT2D eigenvalue weighted by Gasteiger charge is 2.56. The molecule has 64 valence electrons. The highest BCUT2D eigenvalue weighted by Crippen LogP contribution is 2.61. The second kappa shape index (κ2) is 1.82. The van der Waals surface area contributed by atoms with Crippen LogP contribution in [0.1, 0.15) is 40.0 Å². The van der Waals surface area contributed by atoms with E-state index in [1.807, 2.05) is 0 Å². The molecule has 1 unspecified atom stereocenters. The molecule has 1 nitrogen and oxygen atoms in total. The second-order valence-electron chi connectivity index (χ2n) is 5.52. The highest BCUT2D eigenvalue weighted by molar-refractivity contribution is 5.06. The molecule has 0 aromatic heterocycles. The van der Waals surface area contributed by atoms with Crippen molar-refractivity contribution in [3.63, 3.8) is 0 Å². The second-order valence-corrected chi connectivity index (χ2v) is 5.52. The van der Waals surface area contributed by atoms with Crippen LogP contribution in [0.2, 0.25) is 0 Å². The lowest BCUT2D eigenvalue weighted by Gasteiger charge is -2.60. The van der Waals surface area contributed by atoms with Crippen LogP contribution in [0.3, 0.4) is 0 Å². The van der Waals surface area contributed by atoms with Gasteiger partial charge in [0.05, 0.1) is 6.10 Å². The van der Waals surface area contributed by atoms with Gasteiger partial charge in [-0.25, -0.2) is 0 Å². The Kier molecular flexibility index (Phi) is 1.26. The molecule has 11 heavy (non-hydrogen) atoms. The van der Waals surface area contributed by atoms with Crippen LogP contribution in [0.25, 0.3) is 0 Å². The molecule has 0 aromatic rings. The van der Waals surface area contributed by atoms with Gasteiger partial charge in [-0.1, -0.05) is 20.8 Å². The van der Waals surface area contributed by atoms with Crippen LogP contribution in [0.15, 0.2) is 0 Å². The van der Waals surface area contributed by atoms with Gasteiger partial charge in [0, 0.05) is 0 Å². The molecular weight excluding hydrogens is 136 g/mol. The summed E-state index contributed by atoms with van der Waals surface area (Å²) in [7, 11) is 0. The summed E-state index contributed by atoms with van der Waals surface area (Å²) < 4.78 is 0. The van der Waals surface area contributed by atoms with Gasteiger partial charge in [-0.2, -0.15) is 0 Å². The van der Waals surface area contributed by atoms with Crippen LogP contribution in [0.5, 0.6) is 0 Å². The molecule has 0 spiro atoms. The third-order valence-electron chi connectivity index (χ3n) is 3.73. The molecule has 0 amide bonds. The summed E-state index contributed by atoms with van der Waals surface area (Å²) in [4.78, 5) is 0. The molecule has 0 heterocycles. The molecule has 1 atom stereocenters. The number of rotatable bonds is 0. The molecule has 3 fully saturated rings. The van der Waals surface area contributed by atoms with Gasteiger partial charge in [-0.3, -0.25) is 0 Å². The Bertz CT molecular complexity index is 173. The average molecular weight is 154 g/mol. The molecule has 1 N–H and O–H groups in total. The smallest absolute Gasteiger partial charge is 0.0644 e. The van der Waals surface area contributed by atoms with Crippen molar-refractivity contribution in [1.29, 1.82) is 0 Å². The number of aliphatic hydroxyl groups excluding tert-OH is 1. The molecular formula is C10H18O. The zero-order valence-corrected chi connectivity index (χ0v) is 7.72. The predicted molar refractivity (Wildman–Crippen MR) is 45.2 cm³/mol. The summed E-state index contributed by atoms with van der Waals surface area (Å²) in [6.45, 7) is 6.62. The fourth-order valence-corrected chi connectivity index (χ4v) is 3.43. The van der Waals surface area contributed by atoms with Crippen molar-refractivity contribution in [3.05, 3.63) is 0 Å². The zero-order valence-electron chi connectivity index (χ0n) is 7.72. The Hall–Kier alpha value is -0.0400. The van der Waals surface area contributed by atoms with Gasteiger partial charge in [0.2, 0.25) is 0 Å². The van der Waals surface area contributed by atoms with Crippen LogP contribution in [0, 0.1) is 16.7 Å². The van der Waals surface area contributed by atoms with Crippen molar-refractivity contribution in [2.45, 2.75) is 46.1 Å². The van der Waals surface area contributed by atoms with Crippen LogP contribution < -0.4 is 0 Å². The lowest BCUT2D eigenvalue weighted by Crippen LogP contribution is -2.57. The van der Waals surface area contributed by atoms with Crippen molar-refractivity contribution in [2.75, 3.05) is 0 Å². The van der Waals surface area contributed by atoms with E-state index in [1.165, 1.54) is 19.3 Å². The van der Waals surface area contributed by atoms with Crippen molar-refractivity contribution in [1.82, 2.24) is 0 Å². The summed E-state index contributed by atoms with van der Waals surface area (Å²) in [5.41, 5.74) is 0.447. The number of fused-ring (bicyclic) bond motifs is 2. The minimum absolute atomic E-state index is 0.0694. The van der Waals surface area contributed by atoms with E-state index >= 15 is 0 Å². The SMILES string of the molecule is CC1(C)CC2CC(C)(C2)C1O. The zero-order chi connectivity index (χ0) is 8.28. The number of aliphatic hydroxyl groups is 1. The van der Waals surface area contributed by atoms with Crippen molar-refractivity contribution >= 4 is 0 Å². The molecule has 0 aromatic carbocycles. The van der Waals surface area contributed by atoms with E-state index in [0.717, 1.165) is 5.92 Å². The first-order valence-electron chi connectivity index (χ1n) is 4.62. The molecule has 0 saturated heterocycles. The number of hydrogen-bond acceptors (Lipinski definition) is 1. The Morgan fingerprint density at radius 3 is 2.00 bits per heavy atom. The maximum absolute atomic E-state index is 10.0. The summed E-state index contributed by atoms with van der Waals surface area (Å²) in [5, 5.41) is 10.0. The molecule has 2 bridgehead atoms. The first-order chi connectivity index (χ1) is 4.94. The first kappa shape index (κ1) is 7.60. The summed E-state index contributed by atoms with van der Waals surface area (Å²) >= 11 is 0. The summed E-state index contributed by atoms with van der Waals surface area (Å²) in [6, 6.07) is 0. The van der Waals surface area contributed by atoms with Gasteiger partial charge >= 0.3 is 0 Å². The molecule has 3 aliphatic carbocycles. The molecule has 0 radical (unpaired) electrons. The van der Waals surface area contributed by atoms with Crippen LogP contribution in [-0.4, -0.2) is 11.2 Å². The van der Waals surface area contributed by atoms with E-state index in [-0.39, 0.29) is 16.9 Å². The van der Waals surface area contributed by atoms with Crippen LogP contribution in [-0.2, 0) is 0 Å². The molecule has 3 rings (SSSR count). The minimum Gasteiger partial charge on any atom is -0.392 e. The fourth-order valence-electron chi connectivity index (χ4n) is 3.43. The van der Waals surface area contributed by atoms with Crippen LogP contribution in [0.4, 0.5) is 0 Å². The molecule has 1 heteroatoms. The predicted octanol–water partition coefficient (Wildman–Crippen LogP) is 2.19. The first-order valence-corrected chi connectivity index (χ1v) is 4.62. The van der Waals surface area contributed by atoms with Gasteiger partial charge in [0.25, 0.3) is 0 Å². The van der Waals surface area contributed by atoms with Gasteiger partial charge in [0.15, 0.2) is 0 Å². The molecule has 3 saturated carbocycles. The Balaban J connectivity index is 2.22. The Labute approximate surface area is 68.8 Å². The quantitative estimate of drug-likeness (QED) is 0.567. The van der Waals surface area contributed by atoms with E-state index in [1.54, 1.807) is 0 Å². The Morgan fingerprint density at radius 2 is 1.64 bits per heavy atom. The lowest BCUT2D eigenvalue weighted by atomic mass is 9.47. The number of hydrogen-bond donors (Lipinski definition) is 1. The maximum atomic E-state index is 10.0. The van der Waals surface area contributed by atoms with Crippen molar-refractivity contribution in [2.24, 2.45) is 16.7 Å². The van der Waals surface area contributed by atoms with Gasteiger partial charge in [0.1, 0.15) is 0 Å². The van der Waals surface area contributed by atoms with Crippen molar-refractivity contribution in [3.8, 4) is 0 Å². The Morgan fingerprint density at radius 1 is 1.09 bits per heavy atom. The largest absolute Gasteiger partial charge is 0.392 e. The summed E-state index contributed by atoms with van der Waals surface area (Å²) in [5.74, 6) is 0.915. The molecule has 3 aliphatic rings. The summed E-state index contributed by atoms with van der Waals surface area (Å²) in [6.07, 6.45) is 3.68. The van der Waals surface area contributed by atoms with E-state index in [2.05, 4.69) is 20.8 Å². The third kappa shape index (κ3) is 0.868. The monoisotopic (exact) mass is 154 g/mol. The highest BCUT2D eigenvalue weighted by atomic mass is 16.3. The van der Waals surface area contributed by atoms with Gasteiger partial charge in [-0.05, 0) is 36.0 Å². The average Bonchev–Trinajstić information content (AvgIpc) is 1.78. The van der Waals surface area contributed by atoms with Gasteiger partial charge < -0.3 is 5.11 Å². The fraction of sp³-hybridized carbons (Fsp3) is 1.00. The van der Waals surface area contributed by atoms with E-state index in [0.29, 0.717) is 0 Å². The standard InChI is InChI=1S/C10H18O/c1-9(2)4-7-5-10(3,6-7)8(9)11/h7-8,11H,4-6H2,1-3H3. The van der Waals surface area contributed by atoms with Crippen LogP contribution >= 0.6 is 0 Å². The maximum Gasteiger partial charge on any atom is 0.0644 e. The third-order valence-corrected chi connectivity index (χ3v) is 3.73. The topological polar surface area (TPSA) is 20.2 Å². The normalized spacial score (nSPS) is 53.5. The minimum atomic E-state index is -0.0694. The lowest BCUT2D eigenvalue weighted by molar-refractivity contribution is -0.173.